The van der Waals surface area contributed by atoms with Crippen molar-refractivity contribution in [3.8, 4) is 0 Å². The van der Waals surface area contributed by atoms with E-state index in [2.05, 4.69) is 10.6 Å². The van der Waals surface area contributed by atoms with Gasteiger partial charge in [-0.1, -0.05) is 0 Å². The van der Waals surface area contributed by atoms with E-state index in [1.54, 1.807) is 0 Å². The van der Waals surface area contributed by atoms with Gasteiger partial charge in [0.05, 0.1) is 4.92 Å². The molecule has 0 saturated heterocycles. The molecule has 1 aliphatic rings. The van der Waals surface area contributed by atoms with Crippen molar-refractivity contribution < 1.29 is 14.1 Å². The Balaban J connectivity index is 2.07. The number of amides is 2. The minimum Gasteiger partial charge on any atom is -0.335 e. The molecule has 90 valence electrons. The van der Waals surface area contributed by atoms with Gasteiger partial charge >= 0.3 is 11.7 Å². The predicted molar refractivity (Wildman–Crippen MR) is 58.2 cm³/mol. The lowest BCUT2D eigenvalue weighted by Crippen LogP contribution is -2.30. The lowest BCUT2D eigenvalue weighted by molar-refractivity contribution is -0.387. The Hall–Kier alpha value is -2.18. The van der Waals surface area contributed by atoms with Gasteiger partial charge in [-0.25, -0.2) is 4.79 Å². The Kier molecular flexibility index (Phi) is 2.90. The monoisotopic (exact) mass is 239 g/mol. The largest absolute Gasteiger partial charge is 0.335 e. The van der Waals surface area contributed by atoms with E-state index < -0.39 is 22.5 Å². The SMILES string of the molecule is O=C(Nc1ccc(F)c([N+](=O)[O-])c1)NC1CC1. The van der Waals surface area contributed by atoms with Crippen molar-refractivity contribution in [3.05, 3.63) is 34.1 Å². The number of nitrogens with one attached hydrogen (secondary N) is 2. The first-order valence-corrected chi connectivity index (χ1v) is 5.08. The Labute approximate surface area is 96.0 Å². The fraction of sp³-hybridized carbons (Fsp3) is 0.300. The number of nitro groups is 1. The highest BCUT2D eigenvalue weighted by Crippen LogP contribution is 2.22. The maximum Gasteiger partial charge on any atom is 0.319 e. The van der Waals surface area contributed by atoms with Crippen LogP contribution in [0, 0.1) is 15.9 Å². The quantitative estimate of drug-likeness (QED) is 0.625. The summed E-state index contributed by atoms with van der Waals surface area (Å²) >= 11 is 0. The van der Waals surface area contributed by atoms with Gasteiger partial charge in [0.15, 0.2) is 0 Å². The van der Waals surface area contributed by atoms with Gasteiger partial charge in [0.2, 0.25) is 5.82 Å². The molecule has 17 heavy (non-hydrogen) atoms. The molecule has 1 fully saturated rings. The zero-order valence-electron chi connectivity index (χ0n) is 8.77. The molecule has 0 radical (unpaired) electrons. The van der Waals surface area contributed by atoms with Crippen LogP contribution in [0.5, 0.6) is 0 Å². The number of benzene rings is 1. The summed E-state index contributed by atoms with van der Waals surface area (Å²) in [6, 6.07) is 2.96. The number of anilines is 1. The highest BCUT2D eigenvalue weighted by molar-refractivity contribution is 5.89. The van der Waals surface area contributed by atoms with E-state index in [4.69, 9.17) is 0 Å². The van der Waals surface area contributed by atoms with Gasteiger partial charge in [-0.3, -0.25) is 10.1 Å². The van der Waals surface area contributed by atoms with Gasteiger partial charge in [0.1, 0.15) is 0 Å². The summed E-state index contributed by atoms with van der Waals surface area (Å²) in [4.78, 5) is 21.0. The maximum atomic E-state index is 13.0. The summed E-state index contributed by atoms with van der Waals surface area (Å²) in [7, 11) is 0. The molecule has 1 saturated carbocycles. The van der Waals surface area contributed by atoms with Crippen LogP contribution in [0.25, 0.3) is 0 Å². The fourth-order valence-corrected chi connectivity index (χ4v) is 1.31. The third-order valence-corrected chi connectivity index (χ3v) is 2.31. The van der Waals surface area contributed by atoms with Gasteiger partial charge in [-0.05, 0) is 25.0 Å². The third-order valence-electron chi connectivity index (χ3n) is 2.31. The highest BCUT2D eigenvalue weighted by Gasteiger charge is 2.23. The number of urea groups is 1. The van der Waals surface area contributed by atoms with Crippen molar-refractivity contribution in [2.24, 2.45) is 0 Å². The van der Waals surface area contributed by atoms with Crippen molar-refractivity contribution in [3.63, 3.8) is 0 Å². The van der Waals surface area contributed by atoms with E-state index in [1.807, 2.05) is 0 Å². The second-order valence-corrected chi connectivity index (χ2v) is 3.80. The summed E-state index contributed by atoms with van der Waals surface area (Å²) in [5, 5.41) is 15.6. The van der Waals surface area contributed by atoms with Crippen LogP contribution in [0.15, 0.2) is 18.2 Å². The number of hydrogen-bond donors (Lipinski definition) is 2. The number of nitro benzene ring substituents is 1. The highest BCUT2D eigenvalue weighted by atomic mass is 19.1. The van der Waals surface area contributed by atoms with Crippen molar-refractivity contribution in [1.82, 2.24) is 5.32 Å². The van der Waals surface area contributed by atoms with Crippen LogP contribution in [0.4, 0.5) is 20.6 Å². The Morgan fingerprint density at radius 3 is 2.76 bits per heavy atom. The molecule has 1 aromatic carbocycles. The first-order chi connectivity index (χ1) is 8.06. The molecule has 6 nitrogen and oxygen atoms in total. The zero-order valence-corrected chi connectivity index (χ0v) is 8.77. The smallest absolute Gasteiger partial charge is 0.319 e. The molecular formula is C10H10FN3O3. The van der Waals surface area contributed by atoms with Gasteiger partial charge in [-0.15, -0.1) is 0 Å². The van der Waals surface area contributed by atoms with Crippen molar-refractivity contribution in [2.45, 2.75) is 18.9 Å². The first kappa shape index (κ1) is 11.3. The fourth-order valence-electron chi connectivity index (χ4n) is 1.31. The molecule has 1 aromatic rings. The number of carbonyl (C=O) groups excluding carboxylic acids is 1. The lowest BCUT2D eigenvalue weighted by Gasteiger charge is -2.06. The summed E-state index contributed by atoms with van der Waals surface area (Å²) in [6.07, 6.45) is 1.88. The molecule has 0 atom stereocenters. The van der Waals surface area contributed by atoms with E-state index in [-0.39, 0.29) is 11.7 Å². The molecule has 0 spiro atoms. The van der Waals surface area contributed by atoms with Crippen molar-refractivity contribution in [2.75, 3.05) is 5.32 Å². The second kappa shape index (κ2) is 4.36. The molecule has 0 bridgehead atoms. The van der Waals surface area contributed by atoms with Crippen LogP contribution in [-0.4, -0.2) is 17.0 Å². The molecule has 7 heteroatoms. The summed E-state index contributed by atoms with van der Waals surface area (Å²) < 4.78 is 13.0. The van der Waals surface area contributed by atoms with Crippen LogP contribution < -0.4 is 10.6 Å². The number of nitrogens with zero attached hydrogens (tertiary/aromatic N) is 1. The van der Waals surface area contributed by atoms with Crippen LogP contribution in [-0.2, 0) is 0 Å². The van der Waals surface area contributed by atoms with Gasteiger partial charge in [0.25, 0.3) is 0 Å². The number of carbonyl (C=O) groups is 1. The molecule has 2 rings (SSSR count). The summed E-state index contributed by atoms with van der Waals surface area (Å²) in [6.45, 7) is 0. The summed E-state index contributed by atoms with van der Waals surface area (Å²) in [5.41, 5.74) is -0.467. The molecule has 0 aliphatic heterocycles. The molecule has 1 aliphatic carbocycles. The van der Waals surface area contributed by atoms with E-state index in [1.165, 1.54) is 6.07 Å². The first-order valence-electron chi connectivity index (χ1n) is 5.08. The molecule has 2 N–H and O–H groups in total. The maximum absolute atomic E-state index is 13.0. The van der Waals surface area contributed by atoms with Crippen molar-refractivity contribution in [1.29, 1.82) is 0 Å². The van der Waals surface area contributed by atoms with Crippen molar-refractivity contribution >= 4 is 17.4 Å². The molecule has 0 aromatic heterocycles. The van der Waals surface area contributed by atoms with Gasteiger partial charge < -0.3 is 10.6 Å². The second-order valence-electron chi connectivity index (χ2n) is 3.80. The Morgan fingerprint density at radius 2 is 2.18 bits per heavy atom. The number of halogens is 1. The molecule has 0 unspecified atom stereocenters. The van der Waals surface area contributed by atoms with Gasteiger partial charge in [-0.2, -0.15) is 4.39 Å². The van der Waals surface area contributed by atoms with Crippen LogP contribution in [0.2, 0.25) is 0 Å². The zero-order chi connectivity index (χ0) is 12.4. The van der Waals surface area contributed by atoms with Gasteiger partial charge in [0, 0.05) is 17.8 Å². The van der Waals surface area contributed by atoms with E-state index in [0.717, 1.165) is 25.0 Å². The standard InChI is InChI=1S/C10H10FN3O3/c11-8-4-3-7(5-9(8)14(16)17)13-10(15)12-6-1-2-6/h3-6H,1-2H2,(H2,12,13,15). The molecule has 0 heterocycles. The average Bonchev–Trinajstić information content (AvgIpc) is 3.04. The van der Waals surface area contributed by atoms with E-state index >= 15 is 0 Å². The Morgan fingerprint density at radius 1 is 1.47 bits per heavy atom. The van der Waals surface area contributed by atoms with Crippen LogP contribution in [0.1, 0.15) is 12.8 Å². The topological polar surface area (TPSA) is 84.3 Å². The summed E-state index contributed by atoms with van der Waals surface area (Å²) in [5.74, 6) is -0.928. The van der Waals surface area contributed by atoms with E-state index in [9.17, 15) is 19.3 Å². The lowest BCUT2D eigenvalue weighted by atomic mass is 10.2. The minimum absolute atomic E-state index is 0.186. The van der Waals surface area contributed by atoms with Crippen LogP contribution >= 0.6 is 0 Å². The third kappa shape index (κ3) is 2.90. The average molecular weight is 239 g/mol. The minimum atomic E-state index is -0.928. The van der Waals surface area contributed by atoms with E-state index in [0.29, 0.717) is 0 Å². The number of rotatable bonds is 3. The molecular weight excluding hydrogens is 229 g/mol. The normalized spacial score (nSPS) is 14.2. The predicted octanol–water partition coefficient (Wildman–Crippen LogP) is 2.02. The van der Waals surface area contributed by atoms with Crippen LogP contribution in [0.3, 0.4) is 0 Å². The Bertz CT molecular complexity index is 474. The number of hydrogen-bond acceptors (Lipinski definition) is 3. The molecule has 2 amide bonds.